The molecule has 146 valence electrons. The smallest absolute Gasteiger partial charge is 0.309 e. The Morgan fingerprint density at radius 2 is 1.43 bits per heavy atom. The number of rotatable bonds is 9. The molecule has 28 heavy (non-hydrogen) atoms. The van der Waals surface area contributed by atoms with Gasteiger partial charge in [0.1, 0.15) is 18.1 Å². The van der Waals surface area contributed by atoms with Crippen LogP contribution in [0.25, 0.3) is 0 Å². The molecule has 0 aromatic heterocycles. The van der Waals surface area contributed by atoms with Gasteiger partial charge < -0.3 is 14.2 Å². The predicted octanol–water partition coefficient (Wildman–Crippen LogP) is 2.69. The minimum Gasteiger partial charge on any atom is -0.494 e. The number of hydrogen-bond acceptors (Lipinski definition) is 6. The summed E-state index contributed by atoms with van der Waals surface area (Å²) in [5.74, 6) is 0.193. The lowest BCUT2D eigenvalue weighted by molar-refractivity contribution is -0.144. The van der Waals surface area contributed by atoms with Gasteiger partial charge in [0.15, 0.2) is 0 Å². The number of ether oxygens (including phenoxy) is 3. The number of fused-ring (bicyclic) bond motifs is 1. The lowest BCUT2D eigenvalue weighted by Crippen LogP contribution is -2.33. The van der Waals surface area contributed by atoms with E-state index >= 15 is 0 Å². The van der Waals surface area contributed by atoms with Crippen molar-refractivity contribution >= 4 is 17.8 Å². The second-order valence-corrected chi connectivity index (χ2v) is 6.03. The van der Waals surface area contributed by atoms with Crippen LogP contribution in [0.1, 0.15) is 34.1 Å². The highest BCUT2D eigenvalue weighted by atomic mass is 16.5. The number of nitrogens with zero attached hydrogens (tertiary/aromatic N) is 1. The van der Waals surface area contributed by atoms with E-state index in [-0.39, 0.29) is 38.0 Å². The molecule has 0 radical (unpaired) electrons. The van der Waals surface area contributed by atoms with E-state index in [2.05, 4.69) is 0 Å². The van der Waals surface area contributed by atoms with E-state index in [9.17, 15) is 14.4 Å². The zero-order valence-electron chi connectivity index (χ0n) is 15.6. The van der Waals surface area contributed by atoms with Gasteiger partial charge in [0.2, 0.25) is 0 Å². The quantitative estimate of drug-likeness (QED) is 0.489. The van der Waals surface area contributed by atoms with Crippen LogP contribution in [0.5, 0.6) is 11.5 Å². The molecule has 7 nitrogen and oxygen atoms in total. The minimum absolute atomic E-state index is 0.0256. The summed E-state index contributed by atoms with van der Waals surface area (Å²) in [5, 5.41) is 0. The molecule has 0 saturated carbocycles. The van der Waals surface area contributed by atoms with Gasteiger partial charge in [-0.15, -0.1) is 0 Å². The van der Waals surface area contributed by atoms with Gasteiger partial charge in [-0.1, -0.05) is 12.1 Å². The summed E-state index contributed by atoms with van der Waals surface area (Å²) in [7, 11) is 0. The van der Waals surface area contributed by atoms with Gasteiger partial charge in [-0.3, -0.25) is 19.3 Å². The van der Waals surface area contributed by atoms with Gasteiger partial charge >= 0.3 is 5.97 Å². The number of amides is 2. The van der Waals surface area contributed by atoms with Crippen molar-refractivity contribution in [3.05, 3.63) is 59.7 Å². The van der Waals surface area contributed by atoms with Gasteiger partial charge in [0.05, 0.1) is 37.3 Å². The van der Waals surface area contributed by atoms with E-state index in [1.54, 1.807) is 48.5 Å². The van der Waals surface area contributed by atoms with E-state index in [0.29, 0.717) is 23.5 Å². The van der Waals surface area contributed by atoms with Gasteiger partial charge in [-0.05, 0) is 43.3 Å². The highest BCUT2D eigenvalue weighted by Crippen LogP contribution is 2.22. The van der Waals surface area contributed by atoms with E-state index in [0.717, 1.165) is 10.6 Å². The second kappa shape index (κ2) is 9.03. The van der Waals surface area contributed by atoms with Crippen molar-refractivity contribution in [3.63, 3.8) is 0 Å². The molecule has 1 heterocycles. The van der Waals surface area contributed by atoms with E-state index < -0.39 is 5.97 Å². The molecule has 0 spiro atoms. The van der Waals surface area contributed by atoms with Crippen molar-refractivity contribution in [1.82, 2.24) is 4.90 Å². The number of carbonyl (C=O) groups excluding carboxylic acids is 3. The van der Waals surface area contributed by atoms with Crippen molar-refractivity contribution in [2.45, 2.75) is 13.3 Å². The van der Waals surface area contributed by atoms with Gasteiger partial charge in [-0.25, -0.2) is 0 Å². The molecular formula is C21H21NO6. The molecule has 0 atom stereocenters. The summed E-state index contributed by atoms with van der Waals surface area (Å²) < 4.78 is 15.9. The maximum Gasteiger partial charge on any atom is 0.309 e. The molecule has 0 aliphatic carbocycles. The molecule has 0 unspecified atom stereocenters. The van der Waals surface area contributed by atoms with Crippen LogP contribution in [0.4, 0.5) is 0 Å². The van der Waals surface area contributed by atoms with Gasteiger partial charge in [-0.2, -0.15) is 0 Å². The summed E-state index contributed by atoms with van der Waals surface area (Å²) in [4.78, 5) is 37.3. The first kappa shape index (κ1) is 19.4. The number of imide groups is 1. The monoisotopic (exact) mass is 383 g/mol. The summed E-state index contributed by atoms with van der Waals surface area (Å²) in [6.07, 6.45) is 0.0648. The van der Waals surface area contributed by atoms with Gasteiger partial charge in [0, 0.05) is 0 Å². The Balaban J connectivity index is 1.37. The summed E-state index contributed by atoms with van der Waals surface area (Å²) in [5.41, 5.74) is 0.755. The molecule has 0 N–H and O–H groups in total. The number of carbonyl (C=O) groups is 3. The van der Waals surface area contributed by atoms with Crippen LogP contribution in [0.2, 0.25) is 0 Å². The lowest BCUT2D eigenvalue weighted by Gasteiger charge is -2.14. The van der Waals surface area contributed by atoms with E-state index in [1.807, 2.05) is 6.92 Å². The van der Waals surface area contributed by atoms with Crippen molar-refractivity contribution < 1.29 is 28.6 Å². The molecule has 2 aromatic carbocycles. The Labute approximate surface area is 162 Å². The van der Waals surface area contributed by atoms with Crippen molar-refractivity contribution in [3.8, 4) is 11.5 Å². The molecule has 3 rings (SSSR count). The maximum absolute atomic E-state index is 12.2. The highest BCUT2D eigenvalue weighted by Gasteiger charge is 2.34. The Hall–Kier alpha value is -3.35. The molecular weight excluding hydrogens is 362 g/mol. The predicted molar refractivity (Wildman–Crippen MR) is 100 cm³/mol. The average molecular weight is 383 g/mol. The second-order valence-electron chi connectivity index (χ2n) is 6.03. The van der Waals surface area contributed by atoms with E-state index in [4.69, 9.17) is 14.2 Å². The normalized spacial score (nSPS) is 12.7. The SMILES string of the molecule is CCOc1ccc(OCCC(=O)OCCN2C(=O)c3ccccc3C2=O)cc1. The first-order valence-corrected chi connectivity index (χ1v) is 9.06. The third kappa shape index (κ3) is 4.49. The molecule has 1 aliphatic heterocycles. The molecule has 7 heteroatoms. The third-order valence-corrected chi connectivity index (χ3v) is 4.17. The topological polar surface area (TPSA) is 82.1 Å². The zero-order chi connectivity index (χ0) is 19.9. The van der Waals surface area contributed by atoms with Crippen molar-refractivity contribution in [2.75, 3.05) is 26.4 Å². The standard InChI is InChI=1S/C21H21NO6/c1-2-26-15-7-9-16(10-8-15)27-13-11-19(23)28-14-12-22-20(24)17-5-3-4-6-18(17)21(22)25/h3-10H,2,11-14H2,1H3. The highest BCUT2D eigenvalue weighted by molar-refractivity contribution is 6.21. The maximum atomic E-state index is 12.2. The van der Waals surface area contributed by atoms with Crippen molar-refractivity contribution in [2.24, 2.45) is 0 Å². The van der Waals surface area contributed by atoms with Gasteiger partial charge in [0.25, 0.3) is 11.8 Å². The van der Waals surface area contributed by atoms with Crippen LogP contribution in [0, 0.1) is 0 Å². The molecule has 0 bridgehead atoms. The Morgan fingerprint density at radius 3 is 2.00 bits per heavy atom. The van der Waals surface area contributed by atoms with Crippen LogP contribution in [0.3, 0.4) is 0 Å². The van der Waals surface area contributed by atoms with Crippen LogP contribution in [-0.4, -0.2) is 49.0 Å². The molecule has 0 fully saturated rings. The van der Waals surface area contributed by atoms with Crippen LogP contribution in [0.15, 0.2) is 48.5 Å². The Bertz CT molecular complexity index is 826. The molecule has 0 saturated heterocycles. The van der Waals surface area contributed by atoms with E-state index in [1.165, 1.54) is 0 Å². The first-order chi connectivity index (χ1) is 13.6. The third-order valence-electron chi connectivity index (χ3n) is 4.17. The van der Waals surface area contributed by atoms with Crippen LogP contribution < -0.4 is 9.47 Å². The summed E-state index contributed by atoms with van der Waals surface area (Å²) in [6, 6.07) is 13.7. The number of benzene rings is 2. The summed E-state index contributed by atoms with van der Waals surface area (Å²) in [6.45, 7) is 2.64. The largest absolute Gasteiger partial charge is 0.494 e. The Kier molecular flexibility index (Phi) is 6.26. The number of hydrogen-bond donors (Lipinski definition) is 0. The number of esters is 1. The lowest BCUT2D eigenvalue weighted by atomic mass is 10.1. The fourth-order valence-corrected chi connectivity index (χ4v) is 2.82. The average Bonchev–Trinajstić information content (AvgIpc) is 2.95. The molecule has 2 amide bonds. The zero-order valence-corrected chi connectivity index (χ0v) is 15.6. The van der Waals surface area contributed by atoms with Crippen molar-refractivity contribution in [1.29, 1.82) is 0 Å². The molecule has 2 aromatic rings. The van der Waals surface area contributed by atoms with Crippen LogP contribution >= 0.6 is 0 Å². The first-order valence-electron chi connectivity index (χ1n) is 9.06. The fraction of sp³-hybridized carbons (Fsp3) is 0.286. The fourth-order valence-electron chi connectivity index (χ4n) is 2.82. The Morgan fingerprint density at radius 1 is 0.857 bits per heavy atom. The minimum atomic E-state index is -0.456. The molecule has 1 aliphatic rings. The summed E-state index contributed by atoms with van der Waals surface area (Å²) >= 11 is 0. The van der Waals surface area contributed by atoms with Crippen LogP contribution in [-0.2, 0) is 9.53 Å².